The maximum Gasteiger partial charge on any atom is 0.253 e. The van der Waals surface area contributed by atoms with E-state index in [-0.39, 0.29) is 12.5 Å². The molecule has 1 aliphatic rings. The second-order valence-electron chi connectivity index (χ2n) is 6.58. The van der Waals surface area contributed by atoms with Crippen molar-refractivity contribution in [2.45, 2.75) is 45.2 Å². The van der Waals surface area contributed by atoms with Crippen molar-refractivity contribution in [1.29, 1.82) is 0 Å². The van der Waals surface area contributed by atoms with Crippen molar-refractivity contribution in [3.8, 4) is 0 Å². The Morgan fingerprint density at radius 3 is 2.96 bits per heavy atom. The fourth-order valence-corrected chi connectivity index (χ4v) is 3.42. The Balaban J connectivity index is 1.60. The number of aliphatic hydroxyl groups excluding tert-OH is 1. The number of carbonyl (C=O) groups is 1. The van der Waals surface area contributed by atoms with Gasteiger partial charge < -0.3 is 20.3 Å². The van der Waals surface area contributed by atoms with E-state index in [0.717, 1.165) is 42.9 Å². The van der Waals surface area contributed by atoms with Gasteiger partial charge in [-0.25, -0.2) is 4.98 Å². The van der Waals surface area contributed by atoms with Crippen LogP contribution in [0.5, 0.6) is 0 Å². The van der Waals surface area contributed by atoms with Crippen LogP contribution in [0.3, 0.4) is 0 Å². The number of hydrogen-bond acceptors (Lipinski definition) is 4. The van der Waals surface area contributed by atoms with Crippen molar-refractivity contribution >= 4 is 11.7 Å². The van der Waals surface area contributed by atoms with Crippen LogP contribution in [0.25, 0.3) is 0 Å². The number of amides is 1. The molecule has 1 amide bonds. The van der Waals surface area contributed by atoms with Crippen LogP contribution in [0.4, 0.5) is 5.82 Å². The number of rotatable bonds is 6. The molecule has 3 rings (SSSR count). The van der Waals surface area contributed by atoms with Crippen molar-refractivity contribution in [3.63, 3.8) is 0 Å². The van der Waals surface area contributed by atoms with Crippen molar-refractivity contribution in [2.24, 2.45) is 0 Å². The molecule has 1 aliphatic heterocycles. The summed E-state index contributed by atoms with van der Waals surface area (Å²) in [6.07, 6.45) is 7.86. The van der Waals surface area contributed by atoms with Crippen molar-refractivity contribution in [1.82, 2.24) is 15.3 Å². The first-order chi connectivity index (χ1) is 12.2. The van der Waals surface area contributed by atoms with Gasteiger partial charge in [-0.05, 0) is 50.3 Å². The molecule has 6 heteroatoms. The number of piperidine rings is 1. The van der Waals surface area contributed by atoms with E-state index in [2.05, 4.69) is 20.2 Å². The molecule has 1 saturated heterocycles. The molecule has 0 aliphatic carbocycles. The molecule has 0 bridgehead atoms. The molecule has 2 aromatic rings. The molecule has 1 fully saturated rings. The number of carbonyl (C=O) groups excluding carboxylic acids is 1. The number of H-pyrrole nitrogens is 1. The fraction of sp³-hybridized carbons (Fsp3) is 0.474. The third-order valence-corrected chi connectivity index (χ3v) is 4.84. The number of aromatic nitrogens is 2. The molecule has 3 heterocycles. The minimum atomic E-state index is -0.0816. The van der Waals surface area contributed by atoms with Crippen molar-refractivity contribution in [3.05, 3.63) is 47.4 Å². The maximum atomic E-state index is 12.1. The Kier molecular flexibility index (Phi) is 5.71. The van der Waals surface area contributed by atoms with Crippen molar-refractivity contribution in [2.75, 3.05) is 18.1 Å². The van der Waals surface area contributed by atoms with Gasteiger partial charge in [0.05, 0.1) is 5.56 Å². The zero-order valence-electron chi connectivity index (χ0n) is 14.7. The first-order valence-corrected chi connectivity index (χ1v) is 8.93. The number of aryl methyl sites for hydroxylation is 1. The Hall–Kier alpha value is -2.34. The quantitative estimate of drug-likeness (QED) is 0.753. The van der Waals surface area contributed by atoms with Crippen LogP contribution in [-0.4, -0.2) is 40.2 Å². The summed E-state index contributed by atoms with van der Waals surface area (Å²) in [6.45, 7) is 3.54. The molecule has 25 heavy (non-hydrogen) atoms. The number of anilines is 1. The van der Waals surface area contributed by atoms with Gasteiger partial charge in [0.2, 0.25) is 0 Å². The summed E-state index contributed by atoms with van der Waals surface area (Å²) in [4.78, 5) is 22.0. The highest BCUT2D eigenvalue weighted by atomic mass is 16.3. The smallest absolute Gasteiger partial charge is 0.253 e. The minimum Gasteiger partial charge on any atom is -0.396 e. The van der Waals surface area contributed by atoms with Gasteiger partial charge in [0.15, 0.2) is 0 Å². The molecule has 3 N–H and O–H groups in total. The summed E-state index contributed by atoms with van der Waals surface area (Å²) in [5, 5.41) is 12.2. The van der Waals surface area contributed by atoms with Gasteiger partial charge in [0, 0.05) is 43.8 Å². The minimum absolute atomic E-state index is 0.0816. The first-order valence-electron chi connectivity index (χ1n) is 8.93. The van der Waals surface area contributed by atoms with Crippen molar-refractivity contribution < 1.29 is 9.90 Å². The fourth-order valence-electron chi connectivity index (χ4n) is 3.42. The average Bonchev–Trinajstić information content (AvgIpc) is 3.07. The maximum absolute atomic E-state index is 12.1. The summed E-state index contributed by atoms with van der Waals surface area (Å²) in [5.74, 6) is 0.872. The lowest BCUT2D eigenvalue weighted by Crippen LogP contribution is -2.40. The Morgan fingerprint density at radius 1 is 1.40 bits per heavy atom. The lowest BCUT2D eigenvalue weighted by Gasteiger charge is -2.36. The van der Waals surface area contributed by atoms with E-state index < -0.39 is 0 Å². The number of nitrogens with one attached hydrogen (secondary N) is 2. The average molecular weight is 342 g/mol. The van der Waals surface area contributed by atoms with E-state index in [1.807, 2.05) is 25.3 Å². The summed E-state index contributed by atoms with van der Waals surface area (Å²) in [5.41, 5.74) is 2.51. The number of aliphatic hydroxyl groups is 1. The van der Waals surface area contributed by atoms with E-state index in [1.54, 1.807) is 12.3 Å². The highest BCUT2D eigenvalue weighted by Gasteiger charge is 2.22. The lowest BCUT2D eigenvalue weighted by atomic mass is 9.99. The lowest BCUT2D eigenvalue weighted by molar-refractivity contribution is 0.0950. The van der Waals surface area contributed by atoms with Crippen LogP contribution in [0.2, 0.25) is 0 Å². The molecule has 2 aromatic heterocycles. The predicted octanol–water partition coefficient (Wildman–Crippen LogP) is 2.39. The molecular weight excluding hydrogens is 316 g/mol. The Morgan fingerprint density at radius 2 is 2.28 bits per heavy atom. The Bertz CT molecular complexity index is 694. The molecule has 0 spiro atoms. The zero-order chi connectivity index (χ0) is 17.6. The highest BCUT2D eigenvalue weighted by Crippen LogP contribution is 2.25. The highest BCUT2D eigenvalue weighted by molar-refractivity contribution is 5.95. The number of hydrogen-bond donors (Lipinski definition) is 3. The van der Waals surface area contributed by atoms with Crippen LogP contribution < -0.4 is 10.2 Å². The zero-order valence-corrected chi connectivity index (χ0v) is 14.7. The predicted molar refractivity (Wildman–Crippen MR) is 97.6 cm³/mol. The van der Waals surface area contributed by atoms with Crippen LogP contribution in [-0.2, 0) is 6.54 Å². The standard InChI is InChI=1S/C19H26N4O2/c1-14-17(7-9-20-14)19(25)22-13-15-5-6-18(21-12-15)23-10-3-2-4-16(23)8-11-24/h5-7,9,12,16,20,24H,2-4,8,10-11,13H2,1H3,(H,22,25)/t16-/m0/s1. The molecule has 0 saturated carbocycles. The SMILES string of the molecule is Cc1[nH]ccc1C(=O)NCc1ccc(N2CCCC[C@H]2CCO)nc1. The third-order valence-electron chi connectivity index (χ3n) is 4.84. The number of aromatic amines is 1. The molecule has 134 valence electrons. The molecule has 0 radical (unpaired) electrons. The van der Waals surface area contributed by atoms with E-state index in [9.17, 15) is 9.90 Å². The molecule has 0 unspecified atom stereocenters. The summed E-state index contributed by atoms with van der Waals surface area (Å²) in [6, 6.07) is 6.17. The number of nitrogens with zero attached hydrogens (tertiary/aromatic N) is 2. The van der Waals surface area contributed by atoms with Crippen LogP contribution in [0, 0.1) is 6.92 Å². The van der Waals surface area contributed by atoms with Gasteiger partial charge in [0.25, 0.3) is 5.91 Å². The Labute approximate surface area is 148 Å². The molecule has 1 atom stereocenters. The second kappa shape index (κ2) is 8.16. The second-order valence-corrected chi connectivity index (χ2v) is 6.58. The monoisotopic (exact) mass is 342 g/mol. The van der Waals surface area contributed by atoms with Gasteiger partial charge >= 0.3 is 0 Å². The van der Waals surface area contributed by atoms with E-state index in [0.29, 0.717) is 18.2 Å². The number of pyridine rings is 1. The van der Waals surface area contributed by atoms with Gasteiger partial charge in [-0.2, -0.15) is 0 Å². The van der Waals surface area contributed by atoms with Gasteiger partial charge in [-0.1, -0.05) is 6.07 Å². The summed E-state index contributed by atoms with van der Waals surface area (Å²) >= 11 is 0. The van der Waals surface area contributed by atoms with Crippen LogP contribution in [0.1, 0.15) is 47.3 Å². The summed E-state index contributed by atoms with van der Waals surface area (Å²) in [7, 11) is 0. The van der Waals surface area contributed by atoms with Crippen LogP contribution >= 0.6 is 0 Å². The van der Waals surface area contributed by atoms with Gasteiger partial charge in [0.1, 0.15) is 5.82 Å². The van der Waals surface area contributed by atoms with Gasteiger partial charge in [-0.3, -0.25) is 4.79 Å². The van der Waals surface area contributed by atoms with Gasteiger partial charge in [-0.15, -0.1) is 0 Å². The largest absolute Gasteiger partial charge is 0.396 e. The van der Waals surface area contributed by atoms with E-state index in [4.69, 9.17) is 0 Å². The summed E-state index contributed by atoms with van der Waals surface area (Å²) < 4.78 is 0. The van der Waals surface area contributed by atoms with Crippen LogP contribution in [0.15, 0.2) is 30.6 Å². The van der Waals surface area contributed by atoms with E-state index >= 15 is 0 Å². The normalized spacial score (nSPS) is 17.5. The molecule has 6 nitrogen and oxygen atoms in total. The third kappa shape index (κ3) is 4.20. The molecule has 0 aromatic carbocycles. The first kappa shape index (κ1) is 17.5. The van der Waals surface area contributed by atoms with E-state index in [1.165, 1.54) is 6.42 Å². The topological polar surface area (TPSA) is 81.2 Å². The molecular formula is C19H26N4O2.